The summed E-state index contributed by atoms with van der Waals surface area (Å²) in [6, 6.07) is 13.3. The highest BCUT2D eigenvalue weighted by Gasteiger charge is 2.09. The van der Waals surface area contributed by atoms with Gasteiger partial charge in [0, 0.05) is 24.9 Å². The van der Waals surface area contributed by atoms with Crippen molar-refractivity contribution in [1.29, 1.82) is 0 Å². The third kappa shape index (κ3) is 7.69. The molecule has 0 fully saturated rings. The zero-order chi connectivity index (χ0) is 21.3. The van der Waals surface area contributed by atoms with Crippen LogP contribution in [-0.2, 0) is 22.8 Å². The van der Waals surface area contributed by atoms with Crippen LogP contribution < -0.4 is 15.4 Å². The van der Waals surface area contributed by atoms with E-state index in [2.05, 4.69) is 20.4 Å². The number of sulfone groups is 1. The lowest BCUT2D eigenvalue weighted by Gasteiger charge is -2.13. The van der Waals surface area contributed by atoms with Crippen molar-refractivity contribution in [2.75, 3.05) is 19.3 Å². The fourth-order valence-corrected chi connectivity index (χ4v) is 3.21. The van der Waals surface area contributed by atoms with Gasteiger partial charge in [-0.3, -0.25) is 0 Å². The van der Waals surface area contributed by atoms with Crippen molar-refractivity contribution in [3.8, 4) is 5.75 Å². The first-order chi connectivity index (χ1) is 13.8. The number of para-hydroxylation sites is 1. The van der Waals surface area contributed by atoms with E-state index in [1.165, 1.54) is 12.3 Å². The van der Waals surface area contributed by atoms with E-state index in [0.717, 1.165) is 5.56 Å². The molecular weight excluding hydrogens is 400 g/mol. The summed E-state index contributed by atoms with van der Waals surface area (Å²) >= 11 is 0. The smallest absolute Gasteiger partial charge is 0.387 e. The lowest BCUT2D eigenvalue weighted by atomic mass is 10.1. The number of hydrogen-bond donors (Lipinski definition) is 2. The van der Waals surface area contributed by atoms with Crippen molar-refractivity contribution in [3.05, 3.63) is 59.7 Å². The van der Waals surface area contributed by atoms with Crippen molar-refractivity contribution in [2.24, 2.45) is 4.99 Å². The van der Waals surface area contributed by atoms with E-state index in [1.54, 1.807) is 42.5 Å². The molecule has 0 aromatic heterocycles. The van der Waals surface area contributed by atoms with Gasteiger partial charge in [0.15, 0.2) is 15.8 Å². The topological polar surface area (TPSA) is 79.8 Å². The van der Waals surface area contributed by atoms with Crippen LogP contribution in [-0.4, -0.2) is 40.3 Å². The molecule has 0 heterocycles. The zero-order valence-electron chi connectivity index (χ0n) is 16.4. The maximum atomic E-state index is 12.5. The Morgan fingerprint density at radius 1 is 1.10 bits per heavy atom. The van der Waals surface area contributed by atoms with E-state index >= 15 is 0 Å². The summed E-state index contributed by atoms with van der Waals surface area (Å²) < 4.78 is 52.6. The highest BCUT2D eigenvalue weighted by atomic mass is 32.2. The van der Waals surface area contributed by atoms with E-state index in [4.69, 9.17) is 0 Å². The van der Waals surface area contributed by atoms with Gasteiger partial charge in [0.25, 0.3) is 0 Å². The summed E-state index contributed by atoms with van der Waals surface area (Å²) in [5, 5.41) is 6.28. The van der Waals surface area contributed by atoms with Gasteiger partial charge in [-0.2, -0.15) is 8.78 Å². The number of rotatable bonds is 9. The van der Waals surface area contributed by atoms with Crippen LogP contribution in [0.25, 0.3) is 0 Å². The van der Waals surface area contributed by atoms with Gasteiger partial charge in [-0.15, -0.1) is 0 Å². The average molecular weight is 426 g/mol. The minimum atomic E-state index is -3.21. The standard InChI is InChI=1S/C20H25F2N3O3S/c1-3-23-20(25-14-16-6-4-5-7-18(16)28-19(21)22)24-13-12-15-8-10-17(11-9-15)29(2,26)27/h4-11,19H,3,12-14H2,1-2H3,(H2,23,24,25). The Hall–Kier alpha value is -2.68. The van der Waals surface area contributed by atoms with E-state index < -0.39 is 16.4 Å². The van der Waals surface area contributed by atoms with E-state index in [-0.39, 0.29) is 17.2 Å². The molecule has 0 amide bonds. The van der Waals surface area contributed by atoms with Gasteiger partial charge in [0.1, 0.15) is 5.75 Å². The molecular formula is C20H25F2N3O3S. The molecule has 158 valence electrons. The molecule has 2 aromatic carbocycles. The Labute approximate surface area is 169 Å². The number of hydrogen-bond acceptors (Lipinski definition) is 4. The molecule has 0 radical (unpaired) electrons. The maximum absolute atomic E-state index is 12.5. The molecule has 29 heavy (non-hydrogen) atoms. The number of guanidine groups is 1. The van der Waals surface area contributed by atoms with Gasteiger partial charge in [-0.05, 0) is 37.1 Å². The quantitative estimate of drug-likeness (QED) is 0.477. The molecule has 0 spiro atoms. The molecule has 0 saturated heterocycles. The van der Waals surface area contributed by atoms with E-state index in [0.29, 0.717) is 31.0 Å². The van der Waals surface area contributed by atoms with Crippen molar-refractivity contribution in [1.82, 2.24) is 10.6 Å². The van der Waals surface area contributed by atoms with E-state index in [1.807, 2.05) is 6.92 Å². The second kappa shape index (κ2) is 10.8. The van der Waals surface area contributed by atoms with Crippen LogP contribution in [0.5, 0.6) is 5.75 Å². The summed E-state index contributed by atoms with van der Waals surface area (Å²) in [6.45, 7) is 0.431. The third-order valence-electron chi connectivity index (χ3n) is 4.00. The molecule has 0 saturated carbocycles. The Bertz CT molecular complexity index is 917. The van der Waals surface area contributed by atoms with Crippen LogP contribution in [0, 0.1) is 0 Å². The maximum Gasteiger partial charge on any atom is 0.387 e. The van der Waals surface area contributed by atoms with Crippen molar-refractivity contribution in [3.63, 3.8) is 0 Å². The molecule has 0 unspecified atom stereocenters. The number of alkyl halides is 2. The molecule has 6 nitrogen and oxygen atoms in total. The van der Waals surface area contributed by atoms with Crippen molar-refractivity contribution >= 4 is 15.8 Å². The SMILES string of the molecule is CCNC(=NCc1ccccc1OC(F)F)NCCc1ccc(S(C)(=O)=O)cc1. The Morgan fingerprint density at radius 3 is 2.41 bits per heavy atom. The number of benzene rings is 2. The highest BCUT2D eigenvalue weighted by Crippen LogP contribution is 2.20. The van der Waals surface area contributed by atoms with Crippen molar-refractivity contribution in [2.45, 2.75) is 31.4 Å². The minimum absolute atomic E-state index is 0.105. The Morgan fingerprint density at radius 2 is 1.79 bits per heavy atom. The van der Waals surface area contributed by atoms with Crippen LogP contribution in [0.15, 0.2) is 58.4 Å². The van der Waals surface area contributed by atoms with Crippen LogP contribution in [0.3, 0.4) is 0 Å². The molecule has 0 aliphatic rings. The van der Waals surface area contributed by atoms with Gasteiger partial charge in [-0.25, -0.2) is 13.4 Å². The Balaban J connectivity index is 1.96. The summed E-state index contributed by atoms with van der Waals surface area (Å²) in [5.41, 5.74) is 1.54. The fourth-order valence-electron chi connectivity index (χ4n) is 2.58. The van der Waals surface area contributed by atoms with Crippen molar-refractivity contribution < 1.29 is 21.9 Å². The first-order valence-electron chi connectivity index (χ1n) is 9.13. The predicted molar refractivity (Wildman–Crippen MR) is 109 cm³/mol. The monoisotopic (exact) mass is 425 g/mol. The Kier molecular flexibility index (Phi) is 8.38. The number of halogens is 2. The van der Waals surface area contributed by atoms with Gasteiger partial charge < -0.3 is 15.4 Å². The average Bonchev–Trinajstić information content (AvgIpc) is 2.66. The van der Waals surface area contributed by atoms with Gasteiger partial charge >= 0.3 is 6.61 Å². The second-order valence-electron chi connectivity index (χ2n) is 6.27. The zero-order valence-corrected chi connectivity index (χ0v) is 17.2. The normalized spacial score (nSPS) is 12.1. The predicted octanol–water partition coefficient (Wildman–Crippen LogP) is 2.99. The number of aliphatic imine (C=N–C) groups is 1. The number of nitrogens with zero attached hydrogens (tertiary/aromatic N) is 1. The molecule has 2 N–H and O–H groups in total. The largest absolute Gasteiger partial charge is 0.434 e. The van der Waals surface area contributed by atoms with Gasteiger partial charge in [-0.1, -0.05) is 30.3 Å². The summed E-state index contributed by atoms with van der Waals surface area (Å²) in [5.74, 6) is 0.653. The lowest BCUT2D eigenvalue weighted by molar-refractivity contribution is -0.0504. The summed E-state index contributed by atoms with van der Waals surface area (Å²) in [4.78, 5) is 4.71. The molecule has 0 atom stereocenters. The number of ether oxygens (including phenoxy) is 1. The summed E-state index contributed by atoms with van der Waals surface area (Å²) in [6.07, 6.45) is 1.84. The van der Waals surface area contributed by atoms with E-state index in [9.17, 15) is 17.2 Å². The molecule has 0 aliphatic carbocycles. The van der Waals surface area contributed by atoms with Crippen LogP contribution in [0.1, 0.15) is 18.1 Å². The summed E-state index contributed by atoms with van der Waals surface area (Å²) in [7, 11) is -3.21. The van der Waals surface area contributed by atoms with Gasteiger partial charge in [0.2, 0.25) is 0 Å². The van der Waals surface area contributed by atoms with Gasteiger partial charge in [0.05, 0.1) is 11.4 Å². The second-order valence-corrected chi connectivity index (χ2v) is 8.29. The lowest BCUT2D eigenvalue weighted by Crippen LogP contribution is -2.38. The minimum Gasteiger partial charge on any atom is -0.434 e. The molecule has 2 rings (SSSR count). The first kappa shape index (κ1) is 22.6. The fraction of sp³-hybridized carbons (Fsp3) is 0.350. The molecule has 9 heteroatoms. The molecule has 0 bridgehead atoms. The van der Waals surface area contributed by atoms with Crippen LogP contribution >= 0.6 is 0 Å². The first-order valence-corrected chi connectivity index (χ1v) is 11.0. The number of nitrogens with one attached hydrogen (secondary N) is 2. The van der Waals surface area contributed by atoms with Crippen LogP contribution in [0.4, 0.5) is 8.78 Å². The molecule has 0 aliphatic heterocycles. The molecule has 2 aromatic rings. The third-order valence-corrected chi connectivity index (χ3v) is 5.13. The highest BCUT2D eigenvalue weighted by molar-refractivity contribution is 7.90. The van der Waals surface area contributed by atoms with Crippen LogP contribution in [0.2, 0.25) is 0 Å².